The molecular formula is C13H14N2O3. The molecule has 0 fully saturated rings. The first-order valence-electron chi connectivity index (χ1n) is 5.85. The van der Waals surface area contributed by atoms with E-state index in [4.69, 9.17) is 5.11 Å². The molecule has 0 aliphatic heterocycles. The Bertz CT molecular complexity index is 601. The van der Waals surface area contributed by atoms with Gasteiger partial charge in [0.1, 0.15) is 12.2 Å². The second-order valence-corrected chi connectivity index (χ2v) is 4.07. The fourth-order valence-corrected chi connectivity index (χ4v) is 1.93. The molecule has 0 saturated heterocycles. The number of benzene rings is 1. The van der Waals surface area contributed by atoms with Crippen molar-refractivity contribution in [2.24, 2.45) is 0 Å². The van der Waals surface area contributed by atoms with Gasteiger partial charge in [-0.15, -0.1) is 0 Å². The molecule has 0 saturated carbocycles. The average Bonchev–Trinajstić information content (AvgIpc) is 2.66. The Hall–Kier alpha value is -2.17. The molecule has 1 aromatic heterocycles. The van der Waals surface area contributed by atoms with E-state index in [-0.39, 0.29) is 12.3 Å². The Kier molecular flexibility index (Phi) is 3.41. The number of rotatable bonds is 4. The summed E-state index contributed by atoms with van der Waals surface area (Å²) in [6.45, 7) is 1.91. The molecule has 1 aromatic carbocycles. The molecule has 94 valence electrons. The Morgan fingerprint density at radius 3 is 2.72 bits per heavy atom. The lowest BCUT2D eigenvalue weighted by Crippen LogP contribution is -2.16. The summed E-state index contributed by atoms with van der Waals surface area (Å²) in [7, 11) is 0. The normalized spacial score (nSPS) is 10.7. The third-order valence-corrected chi connectivity index (χ3v) is 2.65. The predicted octanol–water partition coefficient (Wildman–Crippen LogP) is 2.10. The van der Waals surface area contributed by atoms with Crippen LogP contribution in [0.25, 0.3) is 11.0 Å². The third kappa shape index (κ3) is 2.25. The molecule has 1 N–H and O–H groups in total. The number of carbonyl (C=O) groups excluding carboxylic acids is 1. The molecule has 5 heteroatoms. The van der Waals surface area contributed by atoms with Crippen molar-refractivity contribution in [2.75, 3.05) is 0 Å². The minimum Gasteiger partial charge on any atom is -0.481 e. The highest BCUT2D eigenvalue weighted by Crippen LogP contribution is 2.17. The SMILES string of the molecule is CCCC(=O)n1c(CC(=O)O)nc2ccccc21. The van der Waals surface area contributed by atoms with Gasteiger partial charge in [0.05, 0.1) is 11.0 Å². The number of carboxylic acid groups (broad SMARTS) is 1. The van der Waals surface area contributed by atoms with Gasteiger partial charge < -0.3 is 5.11 Å². The zero-order chi connectivity index (χ0) is 13.1. The van der Waals surface area contributed by atoms with Gasteiger partial charge in [0.15, 0.2) is 0 Å². The van der Waals surface area contributed by atoms with Crippen molar-refractivity contribution in [1.29, 1.82) is 0 Å². The van der Waals surface area contributed by atoms with Crippen molar-refractivity contribution in [3.05, 3.63) is 30.1 Å². The van der Waals surface area contributed by atoms with Crippen LogP contribution in [0.4, 0.5) is 0 Å². The lowest BCUT2D eigenvalue weighted by atomic mass is 10.3. The Morgan fingerprint density at radius 1 is 1.33 bits per heavy atom. The van der Waals surface area contributed by atoms with Gasteiger partial charge in [-0.25, -0.2) is 4.98 Å². The second-order valence-electron chi connectivity index (χ2n) is 4.07. The largest absolute Gasteiger partial charge is 0.481 e. The zero-order valence-corrected chi connectivity index (χ0v) is 10.1. The molecule has 2 rings (SSSR count). The van der Waals surface area contributed by atoms with Crippen molar-refractivity contribution < 1.29 is 14.7 Å². The smallest absolute Gasteiger partial charge is 0.311 e. The molecular weight excluding hydrogens is 232 g/mol. The van der Waals surface area contributed by atoms with Gasteiger partial charge >= 0.3 is 5.97 Å². The standard InChI is InChI=1S/C13H14N2O3/c1-2-5-12(16)15-10-7-4-3-6-9(10)14-11(15)8-13(17)18/h3-4,6-7H,2,5,8H2,1H3,(H,17,18). The van der Waals surface area contributed by atoms with E-state index in [1.165, 1.54) is 4.57 Å². The number of para-hydroxylation sites is 2. The van der Waals surface area contributed by atoms with E-state index in [9.17, 15) is 9.59 Å². The lowest BCUT2D eigenvalue weighted by Gasteiger charge is -2.05. The average molecular weight is 246 g/mol. The summed E-state index contributed by atoms with van der Waals surface area (Å²) >= 11 is 0. The Morgan fingerprint density at radius 2 is 2.06 bits per heavy atom. The number of carboxylic acids is 1. The van der Waals surface area contributed by atoms with Gasteiger partial charge in [-0.3, -0.25) is 14.2 Å². The maximum Gasteiger partial charge on any atom is 0.311 e. The number of aliphatic carboxylic acids is 1. The van der Waals surface area contributed by atoms with Crippen LogP contribution < -0.4 is 0 Å². The van der Waals surface area contributed by atoms with E-state index in [0.717, 1.165) is 6.42 Å². The van der Waals surface area contributed by atoms with Gasteiger partial charge in [-0.1, -0.05) is 19.1 Å². The van der Waals surface area contributed by atoms with Crippen LogP contribution in [-0.4, -0.2) is 26.5 Å². The van der Waals surface area contributed by atoms with Crippen LogP contribution in [0.2, 0.25) is 0 Å². The molecule has 0 amide bonds. The van der Waals surface area contributed by atoms with Gasteiger partial charge in [-0.05, 0) is 18.6 Å². The van der Waals surface area contributed by atoms with Crippen LogP contribution in [0.1, 0.15) is 30.4 Å². The van der Waals surface area contributed by atoms with Gasteiger partial charge in [0.2, 0.25) is 5.91 Å². The van der Waals surface area contributed by atoms with Gasteiger partial charge in [0.25, 0.3) is 0 Å². The first kappa shape index (κ1) is 12.3. The van der Waals surface area contributed by atoms with Gasteiger partial charge in [0, 0.05) is 6.42 Å². The number of hydrogen-bond donors (Lipinski definition) is 1. The Balaban J connectivity index is 2.57. The number of fused-ring (bicyclic) bond motifs is 1. The quantitative estimate of drug-likeness (QED) is 0.896. The summed E-state index contributed by atoms with van der Waals surface area (Å²) in [5, 5.41) is 8.86. The molecule has 1 heterocycles. The highest BCUT2D eigenvalue weighted by Gasteiger charge is 2.17. The predicted molar refractivity (Wildman–Crippen MR) is 66.6 cm³/mol. The minimum absolute atomic E-state index is 0.109. The fourth-order valence-electron chi connectivity index (χ4n) is 1.93. The van der Waals surface area contributed by atoms with E-state index in [2.05, 4.69) is 4.98 Å². The van der Waals surface area contributed by atoms with Crippen molar-refractivity contribution in [2.45, 2.75) is 26.2 Å². The highest BCUT2D eigenvalue weighted by atomic mass is 16.4. The number of nitrogens with zero attached hydrogens (tertiary/aromatic N) is 2. The highest BCUT2D eigenvalue weighted by molar-refractivity contribution is 5.92. The van der Waals surface area contributed by atoms with Crippen LogP contribution in [0.5, 0.6) is 0 Å². The summed E-state index contributed by atoms with van der Waals surface area (Å²) in [6.07, 6.45) is 0.856. The van der Waals surface area contributed by atoms with Crippen LogP contribution in [-0.2, 0) is 11.2 Å². The van der Waals surface area contributed by atoms with E-state index >= 15 is 0 Å². The summed E-state index contributed by atoms with van der Waals surface area (Å²) in [5.74, 6) is -0.805. The third-order valence-electron chi connectivity index (χ3n) is 2.65. The molecule has 0 aliphatic rings. The molecule has 0 unspecified atom stereocenters. The molecule has 0 spiro atoms. The summed E-state index contributed by atoms with van der Waals surface area (Å²) < 4.78 is 1.42. The Labute approximate surface area is 104 Å². The molecule has 0 atom stereocenters. The first-order chi connectivity index (χ1) is 8.63. The molecule has 0 aliphatic carbocycles. The molecule has 5 nitrogen and oxygen atoms in total. The minimum atomic E-state index is -0.990. The number of aromatic nitrogens is 2. The van der Waals surface area contributed by atoms with Crippen molar-refractivity contribution in [3.8, 4) is 0 Å². The number of imidazole rings is 1. The topological polar surface area (TPSA) is 72.2 Å². The monoisotopic (exact) mass is 246 g/mol. The van der Waals surface area contributed by atoms with E-state index < -0.39 is 5.97 Å². The van der Waals surface area contributed by atoms with Crippen LogP contribution in [0.3, 0.4) is 0 Å². The molecule has 0 radical (unpaired) electrons. The molecule has 0 bridgehead atoms. The zero-order valence-electron chi connectivity index (χ0n) is 10.1. The van der Waals surface area contributed by atoms with Crippen LogP contribution in [0.15, 0.2) is 24.3 Å². The number of carbonyl (C=O) groups is 2. The van der Waals surface area contributed by atoms with E-state index in [1.807, 2.05) is 19.1 Å². The first-order valence-corrected chi connectivity index (χ1v) is 5.85. The van der Waals surface area contributed by atoms with E-state index in [0.29, 0.717) is 23.3 Å². The van der Waals surface area contributed by atoms with Crippen LogP contribution in [0, 0.1) is 0 Å². The maximum atomic E-state index is 12.1. The summed E-state index contributed by atoms with van der Waals surface area (Å²) in [6, 6.07) is 7.18. The van der Waals surface area contributed by atoms with Crippen molar-refractivity contribution in [1.82, 2.24) is 9.55 Å². The fraction of sp³-hybridized carbons (Fsp3) is 0.308. The molecule has 18 heavy (non-hydrogen) atoms. The van der Waals surface area contributed by atoms with Crippen molar-refractivity contribution >= 4 is 22.9 Å². The van der Waals surface area contributed by atoms with E-state index in [1.54, 1.807) is 12.1 Å². The van der Waals surface area contributed by atoms with Crippen LogP contribution >= 0.6 is 0 Å². The lowest BCUT2D eigenvalue weighted by molar-refractivity contribution is -0.136. The second kappa shape index (κ2) is 5.00. The number of hydrogen-bond acceptors (Lipinski definition) is 3. The summed E-state index contributed by atoms with van der Waals surface area (Å²) in [4.78, 5) is 27.1. The van der Waals surface area contributed by atoms with Crippen molar-refractivity contribution in [3.63, 3.8) is 0 Å². The maximum absolute atomic E-state index is 12.1. The van der Waals surface area contributed by atoms with Gasteiger partial charge in [-0.2, -0.15) is 0 Å². The molecule has 2 aromatic rings. The summed E-state index contributed by atoms with van der Waals surface area (Å²) in [5.41, 5.74) is 1.32.